The third-order valence-electron chi connectivity index (χ3n) is 2.50. The van der Waals surface area contributed by atoms with E-state index < -0.39 is 16.1 Å². The quantitative estimate of drug-likeness (QED) is 0.673. The highest BCUT2D eigenvalue weighted by Crippen LogP contribution is 2.13. The van der Waals surface area contributed by atoms with E-state index in [0.717, 1.165) is 0 Å². The minimum atomic E-state index is -3.60. The Balaban J connectivity index is 2.92. The number of hydrogen-bond donors (Lipinski definition) is 3. The van der Waals surface area contributed by atoms with Crippen LogP contribution in [0.2, 0.25) is 0 Å². The highest BCUT2D eigenvalue weighted by Gasteiger charge is 2.21. The first-order chi connectivity index (χ1) is 7.86. The molecule has 0 aliphatic heterocycles. The van der Waals surface area contributed by atoms with Crippen LogP contribution in [0.15, 0.2) is 29.2 Å². The standard InChI is InChI=1S/C11H18N2O3S/c1-8(2)11(7-14)13-17(15,16)10-5-3-9(12)4-6-10/h3-6,8,11,13-14H,7,12H2,1-2H3. The Labute approximate surface area is 102 Å². The van der Waals surface area contributed by atoms with Gasteiger partial charge in [0, 0.05) is 11.7 Å². The molecule has 0 saturated heterocycles. The normalized spacial score (nSPS) is 13.9. The van der Waals surface area contributed by atoms with Crippen molar-refractivity contribution in [3.63, 3.8) is 0 Å². The van der Waals surface area contributed by atoms with Gasteiger partial charge < -0.3 is 10.8 Å². The molecular weight excluding hydrogens is 240 g/mol. The van der Waals surface area contributed by atoms with Gasteiger partial charge in [-0.3, -0.25) is 0 Å². The summed E-state index contributed by atoms with van der Waals surface area (Å²) in [5, 5.41) is 9.10. The van der Waals surface area contributed by atoms with E-state index >= 15 is 0 Å². The summed E-state index contributed by atoms with van der Waals surface area (Å²) in [7, 11) is -3.60. The Hall–Kier alpha value is -1.11. The topological polar surface area (TPSA) is 92.4 Å². The molecule has 5 nitrogen and oxygen atoms in total. The van der Waals surface area contributed by atoms with Gasteiger partial charge in [0.2, 0.25) is 10.0 Å². The molecule has 17 heavy (non-hydrogen) atoms. The van der Waals surface area contributed by atoms with Crippen LogP contribution in [-0.2, 0) is 10.0 Å². The summed E-state index contributed by atoms with van der Waals surface area (Å²) in [4.78, 5) is 0.144. The Morgan fingerprint density at radius 2 is 1.82 bits per heavy atom. The number of aliphatic hydroxyl groups is 1. The maximum absolute atomic E-state index is 12.0. The van der Waals surface area contributed by atoms with E-state index in [0.29, 0.717) is 5.69 Å². The summed E-state index contributed by atoms with van der Waals surface area (Å²) in [5.41, 5.74) is 6.00. The minimum absolute atomic E-state index is 0.0172. The highest BCUT2D eigenvalue weighted by molar-refractivity contribution is 7.89. The maximum Gasteiger partial charge on any atom is 0.240 e. The summed E-state index contributed by atoms with van der Waals surface area (Å²) in [6.07, 6.45) is 0. The minimum Gasteiger partial charge on any atom is -0.399 e. The molecule has 0 spiro atoms. The van der Waals surface area contributed by atoms with Crippen molar-refractivity contribution in [1.82, 2.24) is 4.72 Å². The molecule has 0 aliphatic carbocycles. The molecule has 0 saturated carbocycles. The summed E-state index contributed by atoms with van der Waals surface area (Å²) < 4.78 is 26.4. The van der Waals surface area contributed by atoms with E-state index in [4.69, 9.17) is 10.8 Å². The molecule has 1 unspecified atom stereocenters. The fourth-order valence-electron chi connectivity index (χ4n) is 1.30. The van der Waals surface area contributed by atoms with Gasteiger partial charge in [-0.2, -0.15) is 0 Å². The molecule has 0 fully saturated rings. The highest BCUT2D eigenvalue weighted by atomic mass is 32.2. The molecular formula is C11H18N2O3S. The van der Waals surface area contributed by atoms with Crippen LogP contribution in [-0.4, -0.2) is 26.2 Å². The molecule has 1 aromatic rings. The van der Waals surface area contributed by atoms with Crippen LogP contribution in [0.1, 0.15) is 13.8 Å². The van der Waals surface area contributed by atoms with Crippen LogP contribution >= 0.6 is 0 Å². The number of nitrogens with one attached hydrogen (secondary N) is 1. The second-order valence-electron chi connectivity index (χ2n) is 4.22. The van der Waals surface area contributed by atoms with E-state index in [1.165, 1.54) is 24.3 Å². The van der Waals surface area contributed by atoms with E-state index in [9.17, 15) is 8.42 Å². The number of anilines is 1. The molecule has 0 aliphatic rings. The molecule has 0 heterocycles. The molecule has 4 N–H and O–H groups in total. The predicted octanol–water partition coefficient (Wildman–Crippen LogP) is 0.564. The summed E-state index contributed by atoms with van der Waals surface area (Å²) in [6, 6.07) is 5.44. The molecule has 1 rings (SSSR count). The molecule has 1 aromatic carbocycles. The van der Waals surface area contributed by atoms with E-state index in [-0.39, 0.29) is 17.4 Å². The summed E-state index contributed by atoms with van der Waals surface area (Å²) in [5.74, 6) is 0.0172. The Bertz CT molecular complexity index is 454. The zero-order valence-electron chi connectivity index (χ0n) is 9.92. The molecule has 6 heteroatoms. The van der Waals surface area contributed by atoms with Crippen LogP contribution in [0.4, 0.5) is 5.69 Å². The molecule has 96 valence electrons. The van der Waals surface area contributed by atoms with Crippen molar-refractivity contribution in [3.8, 4) is 0 Å². The lowest BCUT2D eigenvalue weighted by molar-refractivity contribution is 0.227. The lowest BCUT2D eigenvalue weighted by atomic mass is 10.1. The van der Waals surface area contributed by atoms with Crippen molar-refractivity contribution >= 4 is 15.7 Å². The first-order valence-electron chi connectivity index (χ1n) is 5.35. The van der Waals surface area contributed by atoms with Gasteiger partial charge in [-0.25, -0.2) is 13.1 Å². The number of nitrogen functional groups attached to an aromatic ring is 1. The third-order valence-corrected chi connectivity index (χ3v) is 4.00. The lowest BCUT2D eigenvalue weighted by Gasteiger charge is -2.19. The van der Waals surface area contributed by atoms with Crippen LogP contribution in [0, 0.1) is 5.92 Å². The van der Waals surface area contributed by atoms with Crippen molar-refractivity contribution in [3.05, 3.63) is 24.3 Å². The Kier molecular flexibility index (Phi) is 4.50. The zero-order chi connectivity index (χ0) is 13.1. The van der Waals surface area contributed by atoms with Crippen molar-refractivity contribution in [2.45, 2.75) is 24.8 Å². The molecule has 1 atom stereocenters. The summed E-state index contributed by atoms with van der Waals surface area (Å²) in [6.45, 7) is 3.45. The van der Waals surface area contributed by atoms with Gasteiger partial charge in [-0.1, -0.05) is 13.8 Å². The number of hydrogen-bond acceptors (Lipinski definition) is 4. The summed E-state index contributed by atoms with van der Waals surface area (Å²) >= 11 is 0. The van der Waals surface area contributed by atoms with E-state index in [1.54, 1.807) is 0 Å². The SMILES string of the molecule is CC(C)C(CO)NS(=O)(=O)c1ccc(N)cc1. The van der Waals surface area contributed by atoms with Crippen molar-refractivity contribution in [1.29, 1.82) is 0 Å². The van der Waals surface area contributed by atoms with Crippen LogP contribution in [0.5, 0.6) is 0 Å². The first kappa shape index (κ1) is 14.0. The number of benzene rings is 1. The van der Waals surface area contributed by atoms with Crippen LogP contribution in [0.25, 0.3) is 0 Å². The van der Waals surface area contributed by atoms with Crippen molar-refractivity contribution in [2.24, 2.45) is 5.92 Å². The second-order valence-corrected chi connectivity index (χ2v) is 5.94. The number of rotatable bonds is 5. The fourth-order valence-corrected chi connectivity index (χ4v) is 2.67. The van der Waals surface area contributed by atoms with E-state index in [1.807, 2.05) is 13.8 Å². The second kappa shape index (κ2) is 5.48. The van der Waals surface area contributed by atoms with Gasteiger partial charge in [-0.15, -0.1) is 0 Å². The van der Waals surface area contributed by atoms with Crippen molar-refractivity contribution in [2.75, 3.05) is 12.3 Å². The van der Waals surface area contributed by atoms with E-state index in [2.05, 4.69) is 4.72 Å². The average Bonchev–Trinajstić information content (AvgIpc) is 2.26. The average molecular weight is 258 g/mol. The smallest absolute Gasteiger partial charge is 0.240 e. The van der Waals surface area contributed by atoms with Crippen LogP contribution < -0.4 is 10.5 Å². The van der Waals surface area contributed by atoms with Crippen molar-refractivity contribution < 1.29 is 13.5 Å². The molecule has 0 radical (unpaired) electrons. The van der Waals surface area contributed by atoms with Gasteiger partial charge >= 0.3 is 0 Å². The third kappa shape index (κ3) is 3.69. The van der Waals surface area contributed by atoms with Gasteiger partial charge in [0.05, 0.1) is 11.5 Å². The number of sulfonamides is 1. The van der Waals surface area contributed by atoms with Crippen LogP contribution in [0.3, 0.4) is 0 Å². The number of nitrogens with two attached hydrogens (primary N) is 1. The molecule has 0 aromatic heterocycles. The Morgan fingerprint density at radius 1 is 1.29 bits per heavy atom. The molecule has 0 bridgehead atoms. The fraction of sp³-hybridized carbons (Fsp3) is 0.455. The maximum atomic E-state index is 12.0. The Morgan fingerprint density at radius 3 is 2.24 bits per heavy atom. The zero-order valence-corrected chi connectivity index (χ0v) is 10.7. The lowest BCUT2D eigenvalue weighted by Crippen LogP contribution is -2.41. The monoisotopic (exact) mass is 258 g/mol. The number of aliphatic hydroxyl groups excluding tert-OH is 1. The first-order valence-corrected chi connectivity index (χ1v) is 6.84. The largest absolute Gasteiger partial charge is 0.399 e. The van der Waals surface area contributed by atoms with Gasteiger partial charge in [0.15, 0.2) is 0 Å². The predicted molar refractivity (Wildman–Crippen MR) is 66.9 cm³/mol. The molecule has 0 amide bonds. The van der Waals surface area contributed by atoms with Gasteiger partial charge in [0.1, 0.15) is 0 Å². The van der Waals surface area contributed by atoms with Gasteiger partial charge in [-0.05, 0) is 30.2 Å². The van der Waals surface area contributed by atoms with Gasteiger partial charge in [0.25, 0.3) is 0 Å².